The minimum Gasteiger partial charge on any atom is -0.466 e. The van der Waals surface area contributed by atoms with Crippen molar-refractivity contribution in [1.82, 2.24) is 10.6 Å². The lowest BCUT2D eigenvalue weighted by atomic mass is 9.89. The smallest absolute Gasteiger partial charge is 0.191 e. The molecule has 0 spiro atoms. The van der Waals surface area contributed by atoms with Gasteiger partial charge in [0.05, 0.1) is 12.6 Å². The number of benzene rings is 1. The fraction of sp³-hybridized carbons (Fsp3) is 0.560. The maximum absolute atomic E-state index is 11.0. The van der Waals surface area contributed by atoms with E-state index in [1.165, 1.54) is 11.1 Å². The number of hydrogen-bond acceptors (Lipinski definition) is 4. The van der Waals surface area contributed by atoms with Gasteiger partial charge in [-0.05, 0) is 59.1 Å². The van der Waals surface area contributed by atoms with Crippen molar-refractivity contribution in [3.05, 3.63) is 58.5 Å². The zero-order valence-electron chi connectivity index (χ0n) is 19.5. The average Bonchev–Trinajstić information content (AvgIpc) is 3.10. The molecule has 3 unspecified atom stereocenters. The molecule has 3 rings (SSSR count). The summed E-state index contributed by atoms with van der Waals surface area (Å²) in [6.07, 6.45) is 2.26. The zero-order valence-corrected chi connectivity index (χ0v) is 19.5. The highest BCUT2D eigenvalue weighted by atomic mass is 16.5. The molecule has 1 saturated heterocycles. The van der Waals surface area contributed by atoms with Gasteiger partial charge in [-0.1, -0.05) is 29.8 Å². The summed E-state index contributed by atoms with van der Waals surface area (Å²) in [7, 11) is 0. The van der Waals surface area contributed by atoms with Crippen LogP contribution in [0.2, 0.25) is 0 Å². The summed E-state index contributed by atoms with van der Waals surface area (Å²) in [5, 5.41) is 17.7. The third-order valence-corrected chi connectivity index (χ3v) is 5.89. The molecule has 3 atom stereocenters. The quantitative estimate of drug-likeness (QED) is 0.457. The normalized spacial score (nSPS) is 21.5. The Labute approximate surface area is 186 Å². The van der Waals surface area contributed by atoms with Crippen molar-refractivity contribution >= 4 is 5.96 Å². The second-order valence-corrected chi connectivity index (χ2v) is 8.78. The van der Waals surface area contributed by atoms with Crippen LogP contribution >= 0.6 is 0 Å². The van der Waals surface area contributed by atoms with E-state index >= 15 is 0 Å². The van der Waals surface area contributed by atoms with Gasteiger partial charge in [-0.3, -0.25) is 0 Å². The first-order chi connectivity index (χ1) is 14.8. The number of hydrogen-bond donors (Lipinski definition) is 3. The molecule has 0 radical (unpaired) electrons. The van der Waals surface area contributed by atoms with E-state index in [1.807, 2.05) is 26.8 Å². The SMILES string of the molecule is CCNC(=NCC(C)(O)c1cc(C)oc1C)NCC1CCCOC1c1ccc(C)cc1. The van der Waals surface area contributed by atoms with Gasteiger partial charge >= 0.3 is 0 Å². The summed E-state index contributed by atoms with van der Waals surface area (Å²) in [6.45, 7) is 12.2. The molecule has 1 aliphatic rings. The van der Waals surface area contributed by atoms with E-state index in [0.29, 0.717) is 11.9 Å². The molecular weight excluding hydrogens is 390 g/mol. The Morgan fingerprint density at radius 2 is 1.94 bits per heavy atom. The maximum atomic E-state index is 11.0. The van der Waals surface area contributed by atoms with Crippen LogP contribution < -0.4 is 10.6 Å². The zero-order chi connectivity index (χ0) is 22.4. The first-order valence-electron chi connectivity index (χ1n) is 11.3. The molecule has 1 fully saturated rings. The van der Waals surface area contributed by atoms with Crippen LogP contribution in [0.1, 0.15) is 61.0 Å². The third-order valence-electron chi connectivity index (χ3n) is 5.89. The lowest BCUT2D eigenvalue weighted by Gasteiger charge is -2.33. The third kappa shape index (κ3) is 6.11. The van der Waals surface area contributed by atoms with Crippen molar-refractivity contribution in [3.63, 3.8) is 0 Å². The Kier molecular flexibility index (Phi) is 7.79. The van der Waals surface area contributed by atoms with Gasteiger partial charge in [-0.15, -0.1) is 0 Å². The van der Waals surface area contributed by atoms with E-state index in [-0.39, 0.29) is 12.6 Å². The van der Waals surface area contributed by atoms with Gasteiger partial charge in [0.2, 0.25) is 0 Å². The van der Waals surface area contributed by atoms with Crippen LogP contribution in [0.4, 0.5) is 0 Å². The van der Waals surface area contributed by atoms with Crippen molar-refractivity contribution < 1.29 is 14.3 Å². The van der Waals surface area contributed by atoms with E-state index in [2.05, 4.69) is 46.8 Å². The highest BCUT2D eigenvalue weighted by molar-refractivity contribution is 5.79. The van der Waals surface area contributed by atoms with Crippen LogP contribution in [0.15, 0.2) is 39.7 Å². The van der Waals surface area contributed by atoms with Gasteiger partial charge < -0.3 is 24.9 Å². The molecule has 0 aliphatic carbocycles. The molecular formula is C25H37N3O3. The van der Waals surface area contributed by atoms with Gasteiger partial charge in [0.15, 0.2) is 5.96 Å². The van der Waals surface area contributed by atoms with Crippen LogP contribution in [0.25, 0.3) is 0 Å². The Morgan fingerprint density at radius 1 is 1.19 bits per heavy atom. The molecule has 0 bridgehead atoms. The number of nitrogens with zero attached hydrogens (tertiary/aromatic N) is 1. The molecule has 31 heavy (non-hydrogen) atoms. The fourth-order valence-corrected chi connectivity index (χ4v) is 4.23. The van der Waals surface area contributed by atoms with Crippen LogP contribution in [0.3, 0.4) is 0 Å². The molecule has 6 heteroatoms. The predicted octanol–water partition coefficient (Wildman–Crippen LogP) is 4.14. The first-order valence-corrected chi connectivity index (χ1v) is 11.3. The second kappa shape index (κ2) is 10.3. The topological polar surface area (TPSA) is 79.0 Å². The average molecular weight is 428 g/mol. The van der Waals surface area contributed by atoms with Gasteiger partial charge in [0, 0.05) is 31.2 Å². The molecule has 1 aromatic carbocycles. The fourth-order valence-electron chi connectivity index (χ4n) is 4.23. The summed E-state index contributed by atoms with van der Waals surface area (Å²) in [5.74, 6) is 2.59. The van der Waals surface area contributed by atoms with Crippen LogP contribution in [-0.4, -0.2) is 37.3 Å². The number of guanidine groups is 1. The van der Waals surface area contributed by atoms with Crippen molar-refractivity contribution in [2.24, 2.45) is 10.9 Å². The summed E-state index contributed by atoms with van der Waals surface area (Å²) in [4.78, 5) is 4.67. The Hall–Kier alpha value is -2.31. The molecule has 0 saturated carbocycles. The summed E-state index contributed by atoms with van der Waals surface area (Å²) < 4.78 is 11.7. The summed E-state index contributed by atoms with van der Waals surface area (Å²) in [6, 6.07) is 10.5. The highest BCUT2D eigenvalue weighted by Gasteiger charge is 2.29. The number of aryl methyl sites for hydroxylation is 3. The number of aliphatic imine (C=N–C) groups is 1. The number of furan rings is 1. The molecule has 2 heterocycles. The van der Waals surface area contributed by atoms with Gasteiger partial charge in [0.25, 0.3) is 0 Å². The number of ether oxygens (including phenoxy) is 1. The maximum Gasteiger partial charge on any atom is 0.191 e. The van der Waals surface area contributed by atoms with E-state index < -0.39 is 5.60 Å². The summed E-state index contributed by atoms with van der Waals surface area (Å²) in [5.41, 5.74) is 2.17. The Morgan fingerprint density at radius 3 is 2.58 bits per heavy atom. The number of nitrogens with one attached hydrogen (secondary N) is 2. The standard InChI is InChI=1S/C25H37N3O3/c1-6-26-24(28-16-25(5,29)22-14-18(3)31-19(22)4)27-15-21-8-7-13-30-23(21)20-11-9-17(2)10-12-20/h9-12,14,21,23,29H,6-8,13,15-16H2,1-5H3,(H2,26,27,28). The van der Waals surface area contributed by atoms with E-state index in [4.69, 9.17) is 9.15 Å². The largest absolute Gasteiger partial charge is 0.466 e. The number of aliphatic hydroxyl groups is 1. The molecule has 2 aromatic rings. The van der Waals surface area contributed by atoms with Gasteiger partial charge in [0.1, 0.15) is 17.1 Å². The van der Waals surface area contributed by atoms with Crippen molar-refractivity contribution in [3.8, 4) is 0 Å². The molecule has 3 N–H and O–H groups in total. The summed E-state index contributed by atoms with van der Waals surface area (Å²) >= 11 is 0. The minimum atomic E-state index is -1.09. The number of rotatable bonds is 7. The van der Waals surface area contributed by atoms with E-state index in [0.717, 1.165) is 49.6 Å². The lowest BCUT2D eigenvalue weighted by Crippen LogP contribution is -2.42. The molecule has 1 aliphatic heterocycles. The van der Waals surface area contributed by atoms with Crippen LogP contribution in [-0.2, 0) is 10.3 Å². The van der Waals surface area contributed by atoms with Crippen LogP contribution in [0, 0.1) is 26.7 Å². The molecule has 1 aromatic heterocycles. The molecule has 170 valence electrons. The minimum absolute atomic E-state index is 0.0874. The molecule has 6 nitrogen and oxygen atoms in total. The Balaban J connectivity index is 1.67. The van der Waals surface area contributed by atoms with Crippen molar-refractivity contribution in [2.45, 2.75) is 59.2 Å². The van der Waals surface area contributed by atoms with Crippen molar-refractivity contribution in [1.29, 1.82) is 0 Å². The van der Waals surface area contributed by atoms with Gasteiger partial charge in [-0.2, -0.15) is 0 Å². The first kappa shape index (κ1) is 23.4. The van der Waals surface area contributed by atoms with Gasteiger partial charge in [-0.25, -0.2) is 4.99 Å². The molecule has 0 amide bonds. The second-order valence-electron chi connectivity index (χ2n) is 8.78. The predicted molar refractivity (Wildman–Crippen MR) is 124 cm³/mol. The van der Waals surface area contributed by atoms with Crippen molar-refractivity contribution in [2.75, 3.05) is 26.2 Å². The van der Waals surface area contributed by atoms with E-state index in [9.17, 15) is 5.11 Å². The lowest BCUT2D eigenvalue weighted by molar-refractivity contribution is -0.0265. The Bertz CT molecular complexity index is 871. The highest BCUT2D eigenvalue weighted by Crippen LogP contribution is 2.33. The van der Waals surface area contributed by atoms with Crippen LogP contribution in [0.5, 0.6) is 0 Å². The monoisotopic (exact) mass is 427 g/mol. The van der Waals surface area contributed by atoms with E-state index in [1.54, 1.807) is 6.92 Å².